The molecule has 4 aliphatic rings. The topological polar surface area (TPSA) is 92.8 Å². The number of anilines is 2. The van der Waals surface area contributed by atoms with Gasteiger partial charge in [-0.3, -0.25) is 14.4 Å². The van der Waals surface area contributed by atoms with Crippen molar-refractivity contribution in [2.24, 2.45) is 11.8 Å². The number of nitrogens with one attached hydrogen (secondary N) is 1. The molecule has 7 nitrogen and oxygen atoms in total. The summed E-state index contributed by atoms with van der Waals surface area (Å²) in [5.41, 5.74) is 5.52. The molecule has 1 saturated heterocycles. The molecular weight excluding hydrogens is 540 g/mol. The molecule has 0 saturated carbocycles. The van der Waals surface area contributed by atoms with Crippen LogP contribution in [0, 0.1) is 11.8 Å². The number of ether oxygens (including phenoxy) is 1. The van der Waals surface area contributed by atoms with Crippen LogP contribution in [0.5, 0.6) is 0 Å². The minimum absolute atomic E-state index is 0.189. The molecule has 2 bridgehead atoms. The first-order valence-corrected chi connectivity index (χ1v) is 13.7. The summed E-state index contributed by atoms with van der Waals surface area (Å²) in [6, 6.07) is 28.9. The predicted molar refractivity (Wildman–Crippen MR) is 153 cm³/mol. The molecule has 202 valence electrons. The Morgan fingerprint density at radius 2 is 1.27 bits per heavy atom. The summed E-state index contributed by atoms with van der Waals surface area (Å²) >= 11 is 5.93. The summed E-state index contributed by atoms with van der Waals surface area (Å²) in [6.07, 6.45) is 0. The molecule has 1 fully saturated rings. The van der Waals surface area contributed by atoms with Gasteiger partial charge in [0.15, 0.2) is 6.61 Å². The van der Waals surface area contributed by atoms with E-state index in [0.29, 0.717) is 16.4 Å². The molecule has 0 radical (unpaired) electrons. The fourth-order valence-corrected chi connectivity index (χ4v) is 6.85. The van der Waals surface area contributed by atoms with Gasteiger partial charge in [0.05, 0.1) is 23.1 Å². The number of nitrogens with zero attached hydrogens (tertiary/aromatic N) is 1. The predicted octanol–water partition coefficient (Wildman–Crippen LogP) is 5.53. The molecule has 4 aromatic carbocycles. The maximum absolute atomic E-state index is 13.9. The van der Waals surface area contributed by atoms with E-state index in [4.69, 9.17) is 16.3 Å². The zero-order valence-electron chi connectivity index (χ0n) is 21.6. The number of hydrogen-bond donors (Lipinski definition) is 1. The van der Waals surface area contributed by atoms with Gasteiger partial charge in [-0.15, -0.1) is 0 Å². The van der Waals surface area contributed by atoms with Crippen molar-refractivity contribution in [1.82, 2.24) is 0 Å². The molecule has 2 atom stereocenters. The van der Waals surface area contributed by atoms with Crippen molar-refractivity contribution < 1.29 is 23.9 Å². The molecule has 3 aliphatic carbocycles. The van der Waals surface area contributed by atoms with E-state index in [2.05, 4.69) is 29.6 Å². The minimum atomic E-state index is -0.700. The Kier molecular flexibility index (Phi) is 5.98. The van der Waals surface area contributed by atoms with Crippen molar-refractivity contribution in [3.63, 3.8) is 0 Å². The quantitative estimate of drug-likeness (QED) is 0.255. The van der Waals surface area contributed by atoms with Crippen molar-refractivity contribution >= 4 is 46.7 Å². The lowest BCUT2D eigenvalue weighted by Gasteiger charge is -2.45. The van der Waals surface area contributed by atoms with Gasteiger partial charge in [-0.25, -0.2) is 9.69 Å². The summed E-state index contributed by atoms with van der Waals surface area (Å²) in [7, 11) is 0. The van der Waals surface area contributed by atoms with Crippen LogP contribution in [0.1, 0.15) is 44.4 Å². The first-order chi connectivity index (χ1) is 19.9. The molecule has 41 heavy (non-hydrogen) atoms. The number of amides is 3. The molecule has 8 rings (SSSR count). The lowest BCUT2D eigenvalue weighted by molar-refractivity contribution is -0.122. The standard InChI is InChI=1S/C33H23ClN2O5/c34-19-6-5-7-20(16-19)35-26(37)17-41-33(40)18-12-14-21(15-13-18)36-31(38)29-27-22-8-1-2-9-23(22)28(30(29)32(36)39)25-11-4-3-10-24(25)27/h1-16,27-30H,17H2,(H,35,37)/t27?,28?,29-,30+. The summed E-state index contributed by atoms with van der Waals surface area (Å²) in [5, 5.41) is 3.08. The molecule has 0 spiro atoms. The Labute approximate surface area is 240 Å². The average molecular weight is 563 g/mol. The lowest BCUT2D eigenvalue weighted by atomic mass is 9.55. The SMILES string of the molecule is O=C(COC(=O)c1ccc(N2C(=O)[C@@H]3C4c5ccccc5C(c5ccccc54)[C@@H]3C2=O)cc1)Nc1cccc(Cl)c1. The zero-order chi connectivity index (χ0) is 28.2. The molecule has 1 heterocycles. The van der Waals surface area contributed by atoms with Crippen LogP contribution < -0.4 is 10.2 Å². The molecule has 0 unspecified atom stereocenters. The van der Waals surface area contributed by atoms with Crippen LogP contribution in [0.3, 0.4) is 0 Å². The Morgan fingerprint density at radius 3 is 1.78 bits per heavy atom. The molecular formula is C33H23ClN2O5. The van der Waals surface area contributed by atoms with E-state index in [-0.39, 0.29) is 29.2 Å². The van der Waals surface area contributed by atoms with Crippen molar-refractivity contribution in [3.8, 4) is 0 Å². The Hall–Kier alpha value is -4.75. The van der Waals surface area contributed by atoms with E-state index in [9.17, 15) is 19.2 Å². The second-order valence-electron chi connectivity index (χ2n) is 10.5. The van der Waals surface area contributed by atoms with Crippen molar-refractivity contribution in [1.29, 1.82) is 0 Å². The third-order valence-corrected chi connectivity index (χ3v) is 8.49. The second-order valence-corrected chi connectivity index (χ2v) is 10.9. The smallest absolute Gasteiger partial charge is 0.338 e. The third kappa shape index (κ3) is 4.04. The van der Waals surface area contributed by atoms with E-state index in [0.717, 1.165) is 22.3 Å². The van der Waals surface area contributed by atoms with Crippen LogP contribution in [0.15, 0.2) is 97.1 Å². The number of rotatable bonds is 5. The maximum Gasteiger partial charge on any atom is 0.338 e. The number of benzene rings is 4. The summed E-state index contributed by atoms with van der Waals surface area (Å²) in [6.45, 7) is -0.483. The largest absolute Gasteiger partial charge is 0.452 e. The monoisotopic (exact) mass is 562 g/mol. The molecule has 4 aromatic rings. The van der Waals surface area contributed by atoms with Gasteiger partial charge in [0.1, 0.15) is 0 Å². The van der Waals surface area contributed by atoms with Crippen molar-refractivity contribution in [3.05, 3.63) is 130 Å². The third-order valence-electron chi connectivity index (χ3n) is 8.25. The number of carbonyl (C=O) groups excluding carboxylic acids is 4. The summed E-state index contributed by atoms with van der Waals surface area (Å²) < 4.78 is 5.15. The minimum Gasteiger partial charge on any atom is -0.452 e. The van der Waals surface area contributed by atoms with E-state index >= 15 is 0 Å². The van der Waals surface area contributed by atoms with Gasteiger partial charge in [-0.1, -0.05) is 66.2 Å². The number of imide groups is 1. The summed E-state index contributed by atoms with van der Waals surface area (Å²) in [5.74, 6) is -3.02. The van der Waals surface area contributed by atoms with Gasteiger partial charge in [0.2, 0.25) is 11.8 Å². The molecule has 1 N–H and O–H groups in total. The Bertz CT molecular complexity index is 1640. The normalized spacial score (nSPS) is 21.6. The highest BCUT2D eigenvalue weighted by molar-refractivity contribution is 6.31. The van der Waals surface area contributed by atoms with E-state index < -0.39 is 30.3 Å². The van der Waals surface area contributed by atoms with Gasteiger partial charge in [-0.2, -0.15) is 0 Å². The van der Waals surface area contributed by atoms with Gasteiger partial charge in [0, 0.05) is 22.5 Å². The molecule has 0 aromatic heterocycles. The molecule has 8 heteroatoms. The Morgan fingerprint density at radius 1 is 0.732 bits per heavy atom. The number of halogens is 1. The van der Waals surface area contributed by atoms with Gasteiger partial charge >= 0.3 is 5.97 Å². The average Bonchev–Trinajstić information content (AvgIpc) is 3.26. The Balaban J connectivity index is 1.09. The second kappa shape index (κ2) is 9.71. The van der Waals surface area contributed by atoms with Crippen LogP contribution in [0.2, 0.25) is 5.02 Å². The van der Waals surface area contributed by atoms with Gasteiger partial charge in [-0.05, 0) is 64.7 Å². The highest BCUT2D eigenvalue weighted by Gasteiger charge is 2.61. The summed E-state index contributed by atoms with van der Waals surface area (Å²) in [4.78, 5) is 53.8. The number of carbonyl (C=O) groups is 4. The molecule has 3 amide bonds. The van der Waals surface area contributed by atoms with Crippen LogP contribution >= 0.6 is 11.6 Å². The van der Waals surface area contributed by atoms with E-state index in [1.807, 2.05) is 24.3 Å². The lowest BCUT2D eigenvalue weighted by Crippen LogP contribution is -2.41. The highest BCUT2D eigenvalue weighted by atomic mass is 35.5. The van der Waals surface area contributed by atoms with Crippen molar-refractivity contribution in [2.45, 2.75) is 11.8 Å². The van der Waals surface area contributed by atoms with Crippen molar-refractivity contribution in [2.75, 3.05) is 16.8 Å². The van der Waals surface area contributed by atoms with Gasteiger partial charge < -0.3 is 10.1 Å². The molecule has 1 aliphatic heterocycles. The van der Waals surface area contributed by atoms with Crippen LogP contribution in [-0.4, -0.2) is 30.3 Å². The first-order valence-electron chi connectivity index (χ1n) is 13.3. The van der Waals surface area contributed by atoms with E-state index in [1.54, 1.807) is 36.4 Å². The van der Waals surface area contributed by atoms with Crippen LogP contribution in [0.4, 0.5) is 11.4 Å². The zero-order valence-corrected chi connectivity index (χ0v) is 22.4. The van der Waals surface area contributed by atoms with Gasteiger partial charge in [0.25, 0.3) is 5.91 Å². The van der Waals surface area contributed by atoms with E-state index in [1.165, 1.54) is 17.0 Å². The number of hydrogen-bond acceptors (Lipinski definition) is 5. The fraction of sp³-hybridized carbons (Fsp3) is 0.152. The first kappa shape index (κ1) is 25.2. The highest BCUT2D eigenvalue weighted by Crippen LogP contribution is 2.61. The van der Waals surface area contributed by atoms with Crippen LogP contribution in [-0.2, 0) is 19.1 Å². The fourth-order valence-electron chi connectivity index (χ4n) is 6.66. The van der Waals surface area contributed by atoms with Crippen LogP contribution in [0.25, 0.3) is 0 Å². The number of esters is 1. The maximum atomic E-state index is 13.9.